The van der Waals surface area contributed by atoms with Crippen molar-refractivity contribution in [3.05, 3.63) is 4.91 Å². The van der Waals surface area contributed by atoms with Crippen molar-refractivity contribution in [2.24, 2.45) is 10.6 Å². The lowest BCUT2D eigenvalue weighted by Gasteiger charge is -2.23. The van der Waals surface area contributed by atoms with Gasteiger partial charge in [0.1, 0.15) is 5.54 Å². The van der Waals surface area contributed by atoms with Gasteiger partial charge in [-0.25, -0.2) is 0 Å². The van der Waals surface area contributed by atoms with Crippen LogP contribution in [0.5, 0.6) is 0 Å². The molecule has 0 aliphatic heterocycles. The van der Waals surface area contributed by atoms with Crippen molar-refractivity contribution in [1.82, 2.24) is 0 Å². The molecule has 0 aromatic heterocycles. The summed E-state index contributed by atoms with van der Waals surface area (Å²) < 4.78 is 0. The van der Waals surface area contributed by atoms with Crippen LogP contribution in [0.1, 0.15) is 25.7 Å². The van der Waals surface area contributed by atoms with Crippen LogP contribution in [0.2, 0.25) is 25.7 Å². The van der Waals surface area contributed by atoms with E-state index >= 15 is 0 Å². The van der Waals surface area contributed by atoms with Gasteiger partial charge in [-0.15, -0.1) is 0 Å². The molecule has 2 nitrogen and oxygen atoms in total. The first kappa shape index (κ1) is 9.37. The topological polar surface area (TPSA) is 29.4 Å². The fraction of sp³-hybridized carbons (Fsp3) is 1.00. The van der Waals surface area contributed by atoms with Crippen LogP contribution in [-0.4, -0.2) is 13.6 Å². The average Bonchev–Trinajstić information content (AvgIpc) is 2.45. The molecular weight excluding hydrogens is 178 g/mol. The quantitative estimate of drug-likeness (QED) is 0.503. The summed E-state index contributed by atoms with van der Waals surface area (Å²) in [7, 11) is -1.02. The van der Waals surface area contributed by atoms with Crippen molar-refractivity contribution >= 4 is 8.07 Å². The monoisotopic (exact) mass is 197 g/mol. The molecule has 2 fully saturated rings. The van der Waals surface area contributed by atoms with Gasteiger partial charge in [-0.05, 0) is 30.7 Å². The molecule has 2 atom stereocenters. The third-order valence-corrected chi connectivity index (χ3v) is 5.52. The number of nitroso groups, excluding NO2 is 1. The van der Waals surface area contributed by atoms with Crippen LogP contribution >= 0.6 is 0 Å². The Morgan fingerprint density at radius 1 is 1.31 bits per heavy atom. The largest absolute Gasteiger partial charge is 0.150 e. The molecule has 0 amide bonds. The van der Waals surface area contributed by atoms with Crippen molar-refractivity contribution in [3.63, 3.8) is 0 Å². The van der Waals surface area contributed by atoms with Crippen molar-refractivity contribution in [3.8, 4) is 0 Å². The van der Waals surface area contributed by atoms with Gasteiger partial charge in [0.05, 0.1) is 0 Å². The van der Waals surface area contributed by atoms with E-state index < -0.39 is 8.07 Å². The van der Waals surface area contributed by atoms with Gasteiger partial charge < -0.3 is 0 Å². The molecule has 74 valence electrons. The smallest absolute Gasteiger partial charge is 0.109 e. The molecule has 0 aromatic rings. The highest BCUT2D eigenvalue weighted by Gasteiger charge is 2.72. The maximum atomic E-state index is 10.8. The van der Waals surface area contributed by atoms with E-state index in [-0.39, 0.29) is 5.54 Å². The Balaban J connectivity index is 2.12. The standard InChI is InChI=1S/C10H19NOSi/c1-13(2,3)8-9-5-4-6-10(9,7-9)11-12/h4-8H2,1-3H3. The second-order valence-electron chi connectivity index (χ2n) is 6.17. The fourth-order valence-corrected chi connectivity index (χ4v) is 6.08. The Morgan fingerprint density at radius 2 is 2.00 bits per heavy atom. The minimum absolute atomic E-state index is 0.0900. The molecule has 2 unspecified atom stereocenters. The second-order valence-corrected chi connectivity index (χ2v) is 11.6. The van der Waals surface area contributed by atoms with Crippen molar-refractivity contribution in [2.45, 2.75) is 56.9 Å². The van der Waals surface area contributed by atoms with Crippen LogP contribution in [-0.2, 0) is 0 Å². The molecule has 0 bridgehead atoms. The van der Waals surface area contributed by atoms with E-state index in [0.717, 1.165) is 12.8 Å². The van der Waals surface area contributed by atoms with E-state index in [4.69, 9.17) is 0 Å². The normalized spacial score (nSPS) is 43.0. The second kappa shape index (κ2) is 2.44. The maximum Gasteiger partial charge on any atom is 0.109 e. The highest BCUT2D eigenvalue weighted by molar-refractivity contribution is 6.76. The lowest BCUT2D eigenvalue weighted by molar-refractivity contribution is 0.508. The average molecular weight is 197 g/mol. The van der Waals surface area contributed by atoms with Crippen LogP contribution < -0.4 is 0 Å². The zero-order chi connectivity index (χ0) is 9.74. The summed E-state index contributed by atoms with van der Waals surface area (Å²) in [6.07, 6.45) is 4.67. The van der Waals surface area contributed by atoms with Crippen LogP contribution in [0.3, 0.4) is 0 Å². The minimum atomic E-state index is -1.02. The molecule has 2 saturated carbocycles. The Bertz CT molecular complexity index is 248. The third-order valence-electron chi connectivity index (χ3n) is 3.78. The molecule has 0 aromatic carbocycles. The van der Waals surface area contributed by atoms with E-state index in [0.29, 0.717) is 5.41 Å². The lowest BCUT2D eigenvalue weighted by atomic mass is 10.1. The number of rotatable bonds is 3. The first-order valence-electron chi connectivity index (χ1n) is 5.28. The zero-order valence-electron chi connectivity index (χ0n) is 8.89. The molecule has 0 spiro atoms. The van der Waals surface area contributed by atoms with Gasteiger partial charge in [0.15, 0.2) is 0 Å². The Labute approximate surface area is 81.1 Å². The molecule has 0 radical (unpaired) electrons. The molecule has 0 N–H and O–H groups in total. The number of nitrogens with zero attached hydrogens (tertiary/aromatic N) is 1. The Kier molecular flexibility index (Phi) is 1.76. The molecule has 0 heterocycles. The van der Waals surface area contributed by atoms with E-state index in [1.165, 1.54) is 18.9 Å². The Morgan fingerprint density at radius 3 is 2.46 bits per heavy atom. The molecule has 3 heteroatoms. The van der Waals surface area contributed by atoms with Crippen molar-refractivity contribution in [1.29, 1.82) is 0 Å². The fourth-order valence-electron chi connectivity index (χ4n) is 3.41. The predicted octanol–water partition coefficient (Wildman–Crippen LogP) is 3.40. The van der Waals surface area contributed by atoms with Gasteiger partial charge in [0, 0.05) is 8.07 Å². The summed E-state index contributed by atoms with van der Waals surface area (Å²) in [6.45, 7) is 7.19. The SMILES string of the molecule is C[Si](C)(C)CC12CCCC1(N=O)C2. The number of fused-ring (bicyclic) bond motifs is 1. The molecule has 2 aliphatic carbocycles. The van der Waals surface area contributed by atoms with Crippen LogP contribution in [0, 0.1) is 10.3 Å². The predicted molar refractivity (Wildman–Crippen MR) is 57.6 cm³/mol. The van der Waals surface area contributed by atoms with Crippen LogP contribution in [0.25, 0.3) is 0 Å². The van der Waals surface area contributed by atoms with Gasteiger partial charge >= 0.3 is 0 Å². The summed E-state index contributed by atoms with van der Waals surface area (Å²) in [5.74, 6) is 0. The van der Waals surface area contributed by atoms with Gasteiger partial charge in [-0.1, -0.05) is 31.2 Å². The van der Waals surface area contributed by atoms with Gasteiger partial charge in [0.25, 0.3) is 0 Å². The van der Waals surface area contributed by atoms with Gasteiger partial charge in [-0.2, -0.15) is 4.91 Å². The first-order valence-corrected chi connectivity index (χ1v) is 8.98. The van der Waals surface area contributed by atoms with E-state index in [9.17, 15) is 4.91 Å². The van der Waals surface area contributed by atoms with E-state index in [2.05, 4.69) is 24.8 Å². The molecule has 2 aliphatic rings. The van der Waals surface area contributed by atoms with Crippen molar-refractivity contribution in [2.75, 3.05) is 0 Å². The zero-order valence-corrected chi connectivity index (χ0v) is 9.89. The summed E-state index contributed by atoms with van der Waals surface area (Å²) in [4.78, 5) is 10.8. The summed E-state index contributed by atoms with van der Waals surface area (Å²) in [5.41, 5.74) is 0.284. The van der Waals surface area contributed by atoms with Crippen molar-refractivity contribution < 1.29 is 0 Å². The highest BCUT2D eigenvalue weighted by Crippen LogP contribution is 2.72. The molecular formula is C10H19NOSi. The van der Waals surface area contributed by atoms with Gasteiger partial charge in [-0.3, -0.25) is 0 Å². The number of hydrogen-bond donors (Lipinski definition) is 0. The summed E-state index contributed by atoms with van der Waals surface area (Å²) in [6, 6.07) is 1.31. The molecule has 0 saturated heterocycles. The minimum Gasteiger partial charge on any atom is -0.150 e. The van der Waals surface area contributed by atoms with Crippen LogP contribution in [0.4, 0.5) is 0 Å². The third kappa shape index (κ3) is 1.28. The van der Waals surface area contributed by atoms with Crippen LogP contribution in [0.15, 0.2) is 5.18 Å². The maximum absolute atomic E-state index is 10.8. The molecule has 2 rings (SSSR count). The molecule has 13 heavy (non-hydrogen) atoms. The number of hydrogen-bond acceptors (Lipinski definition) is 2. The van der Waals surface area contributed by atoms with E-state index in [1.807, 2.05) is 0 Å². The first-order chi connectivity index (χ1) is 5.93. The lowest BCUT2D eigenvalue weighted by Crippen LogP contribution is -2.27. The highest BCUT2D eigenvalue weighted by atomic mass is 28.3. The van der Waals surface area contributed by atoms with Gasteiger partial charge in [0.2, 0.25) is 0 Å². The summed E-state index contributed by atoms with van der Waals surface area (Å²) in [5, 5.41) is 3.42. The summed E-state index contributed by atoms with van der Waals surface area (Å²) >= 11 is 0. The van der Waals surface area contributed by atoms with E-state index in [1.54, 1.807) is 0 Å². The Hall–Kier alpha value is -0.183.